The van der Waals surface area contributed by atoms with Crippen LogP contribution < -0.4 is 5.32 Å². The molecule has 2 aromatic carbocycles. The molecule has 3 aromatic rings. The fourth-order valence-corrected chi connectivity index (χ4v) is 3.06. The summed E-state index contributed by atoms with van der Waals surface area (Å²) >= 11 is 1.06. The number of carbonyl (C=O) groups is 1. The predicted octanol–water partition coefficient (Wildman–Crippen LogP) is 5.29. The van der Waals surface area contributed by atoms with Crippen molar-refractivity contribution in [2.45, 2.75) is 12.6 Å². The van der Waals surface area contributed by atoms with E-state index in [1.807, 2.05) is 0 Å². The monoisotopic (exact) mass is 398 g/mol. The van der Waals surface area contributed by atoms with Crippen molar-refractivity contribution in [3.63, 3.8) is 0 Å². The van der Waals surface area contributed by atoms with Crippen molar-refractivity contribution in [3.8, 4) is 11.3 Å². The molecule has 0 aliphatic heterocycles. The zero-order valence-electron chi connectivity index (χ0n) is 13.5. The van der Waals surface area contributed by atoms with Crippen molar-refractivity contribution in [2.24, 2.45) is 0 Å². The molecule has 0 saturated carbocycles. The number of carbonyl (C=O) groups excluding carboxylic acids is 1. The highest BCUT2D eigenvalue weighted by molar-refractivity contribution is 7.14. The zero-order valence-corrected chi connectivity index (χ0v) is 14.3. The molecule has 0 fully saturated rings. The van der Waals surface area contributed by atoms with Crippen LogP contribution in [0.4, 0.5) is 27.1 Å². The Morgan fingerprint density at radius 1 is 1.07 bits per heavy atom. The first-order valence-corrected chi connectivity index (χ1v) is 8.47. The van der Waals surface area contributed by atoms with Gasteiger partial charge >= 0.3 is 6.18 Å². The lowest BCUT2D eigenvalue weighted by molar-refractivity contribution is -0.137. The molecule has 9 heteroatoms. The first-order valence-electron chi connectivity index (χ1n) is 7.59. The Balaban J connectivity index is 1.68. The van der Waals surface area contributed by atoms with Crippen molar-refractivity contribution in [1.29, 1.82) is 0 Å². The maximum absolute atomic E-state index is 13.3. The van der Waals surface area contributed by atoms with E-state index in [0.717, 1.165) is 35.6 Å². The van der Waals surface area contributed by atoms with Gasteiger partial charge in [0.2, 0.25) is 5.91 Å². The van der Waals surface area contributed by atoms with Crippen LogP contribution in [0.15, 0.2) is 47.8 Å². The molecule has 0 spiro atoms. The van der Waals surface area contributed by atoms with Gasteiger partial charge in [0.1, 0.15) is 0 Å². The molecule has 0 atom stereocenters. The second kappa shape index (κ2) is 7.43. The molecular formula is C18H11F5N2OS. The van der Waals surface area contributed by atoms with E-state index in [1.54, 1.807) is 5.38 Å². The molecular weight excluding hydrogens is 387 g/mol. The molecule has 0 saturated heterocycles. The van der Waals surface area contributed by atoms with Crippen LogP contribution >= 0.6 is 11.3 Å². The lowest BCUT2D eigenvalue weighted by Crippen LogP contribution is -2.15. The number of rotatable bonds is 4. The van der Waals surface area contributed by atoms with Gasteiger partial charge in [0.05, 0.1) is 17.7 Å². The number of amides is 1. The van der Waals surface area contributed by atoms with Gasteiger partial charge in [-0.2, -0.15) is 13.2 Å². The van der Waals surface area contributed by atoms with Crippen LogP contribution in [0, 0.1) is 11.6 Å². The topological polar surface area (TPSA) is 42.0 Å². The number of thiazole rings is 1. The number of aromatic nitrogens is 1. The summed E-state index contributed by atoms with van der Waals surface area (Å²) in [4.78, 5) is 16.2. The second-order valence-corrected chi connectivity index (χ2v) is 6.45. The number of halogens is 5. The van der Waals surface area contributed by atoms with Gasteiger partial charge in [-0.15, -0.1) is 11.3 Å². The maximum atomic E-state index is 13.3. The van der Waals surface area contributed by atoms with Gasteiger partial charge in [0.25, 0.3) is 0 Å². The van der Waals surface area contributed by atoms with E-state index in [-0.39, 0.29) is 17.1 Å². The molecule has 0 bridgehead atoms. The summed E-state index contributed by atoms with van der Waals surface area (Å²) < 4.78 is 64.4. The Kier molecular flexibility index (Phi) is 5.22. The Bertz CT molecular complexity index is 984. The Hall–Kier alpha value is -2.81. The van der Waals surface area contributed by atoms with E-state index < -0.39 is 29.3 Å². The molecule has 1 heterocycles. The third kappa shape index (κ3) is 4.68. The van der Waals surface area contributed by atoms with Crippen molar-refractivity contribution < 1.29 is 26.7 Å². The maximum Gasteiger partial charge on any atom is 0.416 e. The van der Waals surface area contributed by atoms with Crippen molar-refractivity contribution in [3.05, 3.63) is 70.6 Å². The zero-order chi connectivity index (χ0) is 19.6. The SMILES string of the molecule is O=C(Cc1cccc(C(F)(F)F)c1)Nc1nc(-c2ccc(F)c(F)c2)cs1. The average Bonchev–Trinajstić information content (AvgIpc) is 3.05. The highest BCUT2D eigenvalue weighted by atomic mass is 32.1. The van der Waals surface area contributed by atoms with Gasteiger partial charge in [0.15, 0.2) is 16.8 Å². The summed E-state index contributed by atoms with van der Waals surface area (Å²) in [5, 5.41) is 4.23. The van der Waals surface area contributed by atoms with Crippen LogP contribution in [0.2, 0.25) is 0 Å². The fourth-order valence-electron chi connectivity index (χ4n) is 2.33. The largest absolute Gasteiger partial charge is 0.416 e. The molecule has 0 radical (unpaired) electrons. The lowest BCUT2D eigenvalue weighted by Gasteiger charge is -2.08. The first kappa shape index (κ1) is 19.0. The van der Waals surface area contributed by atoms with Crippen LogP contribution in [0.5, 0.6) is 0 Å². The summed E-state index contributed by atoms with van der Waals surface area (Å²) in [7, 11) is 0. The van der Waals surface area contributed by atoms with Gasteiger partial charge in [0, 0.05) is 10.9 Å². The summed E-state index contributed by atoms with van der Waals surface area (Å²) in [6.45, 7) is 0. The quantitative estimate of drug-likeness (QED) is 0.607. The van der Waals surface area contributed by atoms with Crippen molar-refractivity contribution in [1.82, 2.24) is 4.98 Å². The number of nitrogens with one attached hydrogen (secondary N) is 1. The highest BCUT2D eigenvalue weighted by Gasteiger charge is 2.30. The third-order valence-electron chi connectivity index (χ3n) is 3.58. The normalized spacial score (nSPS) is 11.4. The van der Waals surface area contributed by atoms with E-state index >= 15 is 0 Å². The first-order chi connectivity index (χ1) is 12.7. The molecule has 140 valence electrons. The summed E-state index contributed by atoms with van der Waals surface area (Å²) in [5.41, 5.74) is 0.0548. The minimum atomic E-state index is -4.48. The third-order valence-corrected chi connectivity index (χ3v) is 4.34. The van der Waals surface area contributed by atoms with Crippen LogP contribution in [-0.2, 0) is 17.4 Å². The summed E-state index contributed by atoms with van der Waals surface area (Å²) in [6.07, 6.45) is -4.74. The second-order valence-electron chi connectivity index (χ2n) is 5.59. The lowest BCUT2D eigenvalue weighted by atomic mass is 10.1. The van der Waals surface area contributed by atoms with Crippen LogP contribution in [0.25, 0.3) is 11.3 Å². The Labute approximate surface area is 154 Å². The Morgan fingerprint density at radius 2 is 1.85 bits per heavy atom. The van der Waals surface area contributed by atoms with Crippen LogP contribution in [0.3, 0.4) is 0 Å². The molecule has 1 aromatic heterocycles. The van der Waals surface area contributed by atoms with Crippen molar-refractivity contribution >= 4 is 22.4 Å². The van der Waals surface area contributed by atoms with Crippen molar-refractivity contribution in [2.75, 3.05) is 5.32 Å². The number of nitrogens with zero attached hydrogens (tertiary/aromatic N) is 1. The smallest absolute Gasteiger partial charge is 0.302 e. The molecule has 3 rings (SSSR count). The average molecular weight is 398 g/mol. The van der Waals surface area contributed by atoms with Gasteiger partial charge in [-0.1, -0.05) is 18.2 Å². The van der Waals surface area contributed by atoms with Gasteiger partial charge < -0.3 is 5.32 Å². The van der Waals surface area contributed by atoms with E-state index in [2.05, 4.69) is 10.3 Å². The van der Waals surface area contributed by atoms with E-state index in [0.29, 0.717) is 11.3 Å². The highest BCUT2D eigenvalue weighted by Crippen LogP contribution is 2.30. The van der Waals surface area contributed by atoms with E-state index in [1.165, 1.54) is 18.2 Å². The Morgan fingerprint density at radius 3 is 2.56 bits per heavy atom. The number of benzene rings is 2. The molecule has 0 unspecified atom stereocenters. The minimum absolute atomic E-state index is 0.201. The van der Waals surface area contributed by atoms with Crippen LogP contribution in [0.1, 0.15) is 11.1 Å². The van der Waals surface area contributed by atoms with Crippen LogP contribution in [-0.4, -0.2) is 10.9 Å². The van der Waals surface area contributed by atoms with E-state index in [9.17, 15) is 26.7 Å². The van der Waals surface area contributed by atoms with Gasteiger partial charge in [-0.3, -0.25) is 4.79 Å². The van der Waals surface area contributed by atoms with E-state index in [4.69, 9.17) is 0 Å². The summed E-state index contributed by atoms with van der Waals surface area (Å²) in [6, 6.07) is 7.79. The molecule has 1 amide bonds. The number of hydrogen-bond donors (Lipinski definition) is 1. The molecule has 0 aliphatic carbocycles. The fraction of sp³-hybridized carbons (Fsp3) is 0.111. The molecule has 3 nitrogen and oxygen atoms in total. The molecule has 0 aliphatic rings. The van der Waals surface area contributed by atoms with Gasteiger partial charge in [-0.25, -0.2) is 13.8 Å². The number of alkyl halides is 3. The standard InChI is InChI=1S/C18H11F5N2OS/c19-13-5-4-11(8-14(13)20)15-9-27-17(24-15)25-16(26)7-10-2-1-3-12(6-10)18(21,22)23/h1-6,8-9H,7H2,(H,24,25,26). The summed E-state index contributed by atoms with van der Waals surface area (Å²) in [5.74, 6) is -2.54. The van der Waals surface area contributed by atoms with Gasteiger partial charge in [-0.05, 0) is 29.8 Å². The number of anilines is 1. The molecule has 27 heavy (non-hydrogen) atoms. The predicted molar refractivity (Wildman–Crippen MR) is 91.2 cm³/mol. The number of hydrogen-bond acceptors (Lipinski definition) is 3. The minimum Gasteiger partial charge on any atom is -0.302 e. The molecule has 1 N–H and O–H groups in total.